The molecule has 1 amide bonds. The lowest BCUT2D eigenvalue weighted by atomic mass is 9.80. The van der Waals surface area contributed by atoms with Crippen molar-refractivity contribution in [1.82, 2.24) is 5.32 Å². The Labute approximate surface area is 128 Å². The summed E-state index contributed by atoms with van der Waals surface area (Å²) in [6.45, 7) is 11.6. The maximum atomic E-state index is 12.2. The van der Waals surface area contributed by atoms with Crippen LogP contribution in [0.5, 0.6) is 0 Å². The van der Waals surface area contributed by atoms with Gasteiger partial charge in [0.15, 0.2) is 0 Å². The maximum Gasteiger partial charge on any atom is 0.319 e. The Bertz CT molecular complexity index is 310. The van der Waals surface area contributed by atoms with Crippen LogP contribution in [-0.4, -0.2) is 38.2 Å². The van der Waals surface area contributed by atoms with Gasteiger partial charge >= 0.3 is 5.97 Å². The minimum atomic E-state index is -0.779. The Kier molecular flexibility index (Phi) is 10.0. The van der Waals surface area contributed by atoms with Crippen LogP contribution in [0, 0.1) is 11.3 Å². The lowest BCUT2D eigenvalue weighted by Gasteiger charge is -2.27. The predicted molar refractivity (Wildman–Crippen MR) is 82.9 cm³/mol. The zero-order valence-corrected chi connectivity index (χ0v) is 14.2. The second-order valence-corrected chi connectivity index (χ2v) is 6.16. The number of esters is 1. The standard InChI is InChI=1S/C16H31NO4/c1-6-8-11-20-12-9-10-17-14(18)13(16(3,4)5)15(19)21-7-2/h13H,6-12H2,1-5H3,(H,17,18). The number of unbranched alkanes of at least 4 members (excludes halogenated alkanes) is 1. The van der Waals surface area contributed by atoms with Crippen LogP contribution in [0.2, 0.25) is 0 Å². The summed E-state index contributed by atoms with van der Waals surface area (Å²) >= 11 is 0. The Balaban J connectivity index is 4.16. The van der Waals surface area contributed by atoms with Gasteiger partial charge in [0.2, 0.25) is 5.91 Å². The van der Waals surface area contributed by atoms with E-state index in [-0.39, 0.29) is 12.5 Å². The van der Waals surface area contributed by atoms with Gasteiger partial charge < -0.3 is 14.8 Å². The molecule has 0 bridgehead atoms. The fraction of sp³-hybridized carbons (Fsp3) is 0.875. The van der Waals surface area contributed by atoms with Crippen molar-refractivity contribution in [1.29, 1.82) is 0 Å². The summed E-state index contributed by atoms with van der Waals surface area (Å²) in [7, 11) is 0. The van der Waals surface area contributed by atoms with E-state index in [1.165, 1.54) is 0 Å². The van der Waals surface area contributed by atoms with Crippen molar-refractivity contribution in [3.8, 4) is 0 Å². The lowest BCUT2D eigenvalue weighted by Crippen LogP contribution is -2.44. The first kappa shape index (κ1) is 19.9. The molecule has 21 heavy (non-hydrogen) atoms. The minimum Gasteiger partial charge on any atom is -0.465 e. The fourth-order valence-electron chi connectivity index (χ4n) is 1.92. The number of carbonyl (C=O) groups is 2. The number of hydrogen-bond acceptors (Lipinski definition) is 4. The number of ether oxygens (including phenoxy) is 2. The second kappa shape index (κ2) is 10.6. The summed E-state index contributed by atoms with van der Waals surface area (Å²) < 4.78 is 10.4. The first-order valence-electron chi connectivity index (χ1n) is 7.86. The van der Waals surface area contributed by atoms with Crippen LogP contribution in [0.4, 0.5) is 0 Å². The van der Waals surface area contributed by atoms with E-state index in [2.05, 4.69) is 12.2 Å². The molecule has 0 radical (unpaired) electrons. The summed E-state index contributed by atoms with van der Waals surface area (Å²) in [5.41, 5.74) is -0.464. The summed E-state index contributed by atoms with van der Waals surface area (Å²) in [6.07, 6.45) is 2.92. The molecule has 1 unspecified atom stereocenters. The molecule has 0 spiro atoms. The van der Waals surface area contributed by atoms with E-state index in [9.17, 15) is 9.59 Å². The molecule has 0 saturated carbocycles. The zero-order valence-electron chi connectivity index (χ0n) is 14.2. The van der Waals surface area contributed by atoms with Crippen molar-refractivity contribution in [2.75, 3.05) is 26.4 Å². The lowest BCUT2D eigenvalue weighted by molar-refractivity contribution is -0.156. The van der Waals surface area contributed by atoms with Crippen LogP contribution in [0.15, 0.2) is 0 Å². The van der Waals surface area contributed by atoms with Gasteiger partial charge in [-0.3, -0.25) is 9.59 Å². The number of hydrogen-bond donors (Lipinski definition) is 1. The molecule has 124 valence electrons. The second-order valence-electron chi connectivity index (χ2n) is 6.16. The largest absolute Gasteiger partial charge is 0.465 e. The molecule has 0 saturated heterocycles. The van der Waals surface area contributed by atoms with E-state index in [1.807, 2.05) is 20.8 Å². The third kappa shape index (κ3) is 8.71. The quantitative estimate of drug-likeness (QED) is 0.382. The molecular formula is C16H31NO4. The Morgan fingerprint density at radius 2 is 1.71 bits per heavy atom. The predicted octanol–water partition coefficient (Wildman–Crippen LogP) is 2.53. The molecule has 1 N–H and O–H groups in total. The number of amides is 1. The van der Waals surface area contributed by atoms with E-state index in [0.29, 0.717) is 13.2 Å². The molecule has 0 heterocycles. The maximum absolute atomic E-state index is 12.2. The van der Waals surface area contributed by atoms with E-state index < -0.39 is 17.3 Å². The van der Waals surface area contributed by atoms with Gasteiger partial charge in [0.1, 0.15) is 5.92 Å². The van der Waals surface area contributed by atoms with Crippen LogP contribution in [0.25, 0.3) is 0 Å². The Morgan fingerprint density at radius 3 is 2.24 bits per heavy atom. The average Bonchev–Trinajstić information content (AvgIpc) is 2.36. The molecule has 0 aliphatic heterocycles. The zero-order chi connectivity index (χ0) is 16.3. The third-order valence-corrected chi connectivity index (χ3v) is 3.06. The summed E-state index contributed by atoms with van der Waals surface area (Å²) in [6, 6.07) is 0. The highest BCUT2D eigenvalue weighted by molar-refractivity contribution is 5.98. The van der Waals surface area contributed by atoms with Crippen LogP contribution < -0.4 is 5.32 Å². The SMILES string of the molecule is CCCCOCCCNC(=O)C(C(=O)OCC)C(C)(C)C. The first-order chi connectivity index (χ1) is 9.84. The normalized spacial score (nSPS) is 12.8. The van der Waals surface area contributed by atoms with Gasteiger partial charge in [0.25, 0.3) is 0 Å². The van der Waals surface area contributed by atoms with E-state index >= 15 is 0 Å². The van der Waals surface area contributed by atoms with Crippen molar-refractivity contribution >= 4 is 11.9 Å². The van der Waals surface area contributed by atoms with Gasteiger partial charge in [-0.2, -0.15) is 0 Å². The minimum absolute atomic E-state index is 0.269. The summed E-state index contributed by atoms with van der Waals surface area (Å²) in [5.74, 6) is -1.50. The topological polar surface area (TPSA) is 64.6 Å². The molecule has 5 heteroatoms. The van der Waals surface area contributed by atoms with Gasteiger partial charge in [-0.25, -0.2) is 0 Å². The Morgan fingerprint density at radius 1 is 1.10 bits per heavy atom. The van der Waals surface area contributed by atoms with E-state index in [1.54, 1.807) is 6.92 Å². The number of nitrogens with one attached hydrogen (secondary N) is 1. The van der Waals surface area contributed by atoms with Gasteiger partial charge in [-0.1, -0.05) is 34.1 Å². The highest BCUT2D eigenvalue weighted by Crippen LogP contribution is 2.27. The highest BCUT2D eigenvalue weighted by Gasteiger charge is 2.38. The van der Waals surface area contributed by atoms with Crippen molar-refractivity contribution in [3.05, 3.63) is 0 Å². The summed E-state index contributed by atoms with van der Waals surface area (Å²) in [5, 5.41) is 2.80. The van der Waals surface area contributed by atoms with Crippen LogP contribution in [0.3, 0.4) is 0 Å². The number of rotatable bonds is 10. The third-order valence-electron chi connectivity index (χ3n) is 3.06. The molecule has 0 rings (SSSR count). The number of carbonyl (C=O) groups excluding carboxylic acids is 2. The van der Waals surface area contributed by atoms with E-state index in [4.69, 9.17) is 9.47 Å². The van der Waals surface area contributed by atoms with Crippen molar-refractivity contribution in [2.45, 2.75) is 53.9 Å². The van der Waals surface area contributed by atoms with Crippen molar-refractivity contribution < 1.29 is 19.1 Å². The Hall–Kier alpha value is -1.10. The monoisotopic (exact) mass is 301 g/mol. The van der Waals surface area contributed by atoms with Crippen LogP contribution in [-0.2, 0) is 19.1 Å². The summed E-state index contributed by atoms with van der Waals surface area (Å²) in [4.78, 5) is 24.1. The molecule has 0 aliphatic rings. The molecule has 5 nitrogen and oxygen atoms in total. The van der Waals surface area contributed by atoms with Crippen LogP contribution >= 0.6 is 0 Å². The van der Waals surface area contributed by atoms with Crippen molar-refractivity contribution in [3.63, 3.8) is 0 Å². The molecule has 0 aromatic carbocycles. The smallest absolute Gasteiger partial charge is 0.319 e. The van der Waals surface area contributed by atoms with Crippen molar-refractivity contribution in [2.24, 2.45) is 11.3 Å². The molecule has 0 aliphatic carbocycles. The fourth-order valence-corrected chi connectivity index (χ4v) is 1.92. The van der Waals surface area contributed by atoms with Crippen LogP contribution in [0.1, 0.15) is 53.9 Å². The highest BCUT2D eigenvalue weighted by atomic mass is 16.5. The van der Waals surface area contributed by atoms with Gasteiger partial charge in [0.05, 0.1) is 6.61 Å². The molecule has 0 fully saturated rings. The molecule has 0 aromatic heterocycles. The molecule has 1 atom stereocenters. The first-order valence-corrected chi connectivity index (χ1v) is 7.86. The van der Waals surface area contributed by atoms with Gasteiger partial charge in [0, 0.05) is 19.8 Å². The van der Waals surface area contributed by atoms with Gasteiger partial charge in [-0.05, 0) is 25.2 Å². The van der Waals surface area contributed by atoms with E-state index in [0.717, 1.165) is 25.9 Å². The van der Waals surface area contributed by atoms with Gasteiger partial charge in [-0.15, -0.1) is 0 Å². The molecule has 0 aromatic rings. The average molecular weight is 301 g/mol. The molecular weight excluding hydrogens is 270 g/mol.